The normalized spacial score (nSPS) is 11.8. The number of hydrogen-bond acceptors (Lipinski definition) is 1. The van der Waals surface area contributed by atoms with Crippen LogP contribution in [-0.2, 0) is 13.5 Å². The van der Waals surface area contributed by atoms with Crippen molar-refractivity contribution in [3.05, 3.63) is 41.8 Å². The number of halogens is 1. The van der Waals surface area contributed by atoms with Crippen LogP contribution >= 0.6 is 0 Å². The maximum Gasteiger partial charge on any atom is 0.123 e. The van der Waals surface area contributed by atoms with Gasteiger partial charge in [0.1, 0.15) is 5.82 Å². The first-order valence-electron chi connectivity index (χ1n) is 6.14. The molecule has 3 heteroatoms. The molecular weight excluding hydrogens is 227 g/mol. The molecule has 0 fully saturated rings. The third-order valence-electron chi connectivity index (χ3n) is 2.83. The fourth-order valence-electron chi connectivity index (χ4n) is 2.19. The SMILES string of the molecule is Cn1ncc(CC(C)(C)C)c1-c1cccc(F)c1. The Morgan fingerprint density at radius 1 is 1.28 bits per heavy atom. The molecule has 0 atom stereocenters. The van der Waals surface area contributed by atoms with Gasteiger partial charge < -0.3 is 0 Å². The first-order valence-corrected chi connectivity index (χ1v) is 6.14. The van der Waals surface area contributed by atoms with Gasteiger partial charge in [0, 0.05) is 12.6 Å². The zero-order chi connectivity index (χ0) is 13.3. The lowest BCUT2D eigenvalue weighted by Gasteiger charge is -2.18. The van der Waals surface area contributed by atoms with Gasteiger partial charge in [-0.1, -0.05) is 32.9 Å². The van der Waals surface area contributed by atoms with Gasteiger partial charge in [-0.25, -0.2) is 4.39 Å². The zero-order valence-corrected chi connectivity index (χ0v) is 11.4. The highest BCUT2D eigenvalue weighted by Gasteiger charge is 2.18. The molecule has 0 radical (unpaired) electrons. The van der Waals surface area contributed by atoms with Gasteiger partial charge in [0.15, 0.2) is 0 Å². The quantitative estimate of drug-likeness (QED) is 0.787. The first-order chi connectivity index (χ1) is 8.37. The van der Waals surface area contributed by atoms with Crippen LogP contribution < -0.4 is 0 Å². The van der Waals surface area contributed by atoms with Gasteiger partial charge in [0.25, 0.3) is 0 Å². The summed E-state index contributed by atoms with van der Waals surface area (Å²) in [5.41, 5.74) is 3.24. The van der Waals surface area contributed by atoms with Crippen molar-refractivity contribution >= 4 is 0 Å². The summed E-state index contributed by atoms with van der Waals surface area (Å²) in [4.78, 5) is 0. The van der Waals surface area contributed by atoms with Crippen molar-refractivity contribution in [2.24, 2.45) is 12.5 Å². The minimum absolute atomic E-state index is 0.186. The molecule has 2 rings (SSSR count). The number of nitrogens with zero attached hydrogens (tertiary/aromatic N) is 2. The van der Waals surface area contributed by atoms with E-state index in [-0.39, 0.29) is 11.2 Å². The van der Waals surface area contributed by atoms with Crippen LogP contribution in [0.3, 0.4) is 0 Å². The van der Waals surface area contributed by atoms with E-state index >= 15 is 0 Å². The molecule has 0 N–H and O–H groups in total. The van der Waals surface area contributed by atoms with Gasteiger partial charge in [0.05, 0.1) is 11.9 Å². The topological polar surface area (TPSA) is 17.8 Å². The summed E-state index contributed by atoms with van der Waals surface area (Å²) in [7, 11) is 1.90. The highest BCUT2D eigenvalue weighted by atomic mass is 19.1. The van der Waals surface area contributed by atoms with Crippen LogP contribution in [0, 0.1) is 11.2 Å². The standard InChI is InChI=1S/C15H19FN2/c1-15(2,3)9-12-10-17-18(4)14(12)11-6-5-7-13(16)8-11/h5-8,10H,9H2,1-4H3. The summed E-state index contributed by atoms with van der Waals surface area (Å²) in [6, 6.07) is 6.68. The largest absolute Gasteiger partial charge is 0.268 e. The smallest absolute Gasteiger partial charge is 0.123 e. The Morgan fingerprint density at radius 3 is 2.61 bits per heavy atom. The molecule has 1 aromatic heterocycles. The van der Waals surface area contributed by atoms with Crippen LogP contribution in [0.1, 0.15) is 26.3 Å². The van der Waals surface area contributed by atoms with E-state index < -0.39 is 0 Å². The lowest BCUT2D eigenvalue weighted by molar-refractivity contribution is 0.411. The number of aromatic nitrogens is 2. The summed E-state index contributed by atoms with van der Waals surface area (Å²) < 4.78 is 15.1. The van der Waals surface area contributed by atoms with E-state index in [9.17, 15) is 4.39 Å². The minimum Gasteiger partial charge on any atom is -0.268 e. The Kier molecular flexibility index (Phi) is 3.24. The van der Waals surface area contributed by atoms with E-state index in [1.54, 1.807) is 12.1 Å². The number of hydrogen-bond donors (Lipinski definition) is 0. The van der Waals surface area contributed by atoms with Crippen LogP contribution in [0.2, 0.25) is 0 Å². The maximum atomic E-state index is 13.3. The molecule has 0 bridgehead atoms. The molecule has 0 saturated carbocycles. The average Bonchev–Trinajstić information content (AvgIpc) is 2.57. The Hall–Kier alpha value is -1.64. The van der Waals surface area contributed by atoms with E-state index in [1.807, 2.05) is 24.0 Å². The van der Waals surface area contributed by atoms with E-state index in [0.717, 1.165) is 23.2 Å². The third-order valence-corrected chi connectivity index (χ3v) is 2.83. The fourth-order valence-corrected chi connectivity index (χ4v) is 2.19. The van der Waals surface area contributed by atoms with Crippen molar-refractivity contribution in [1.82, 2.24) is 9.78 Å². The summed E-state index contributed by atoms with van der Waals surface area (Å²) in [6.45, 7) is 6.57. The molecule has 96 valence electrons. The summed E-state index contributed by atoms with van der Waals surface area (Å²) >= 11 is 0. The van der Waals surface area contributed by atoms with E-state index in [2.05, 4.69) is 25.9 Å². The fraction of sp³-hybridized carbons (Fsp3) is 0.400. The van der Waals surface area contributed by atoms with E-state index in [1.165, 1.54) is 6.07 Å². The highest BCUT2D eigenvalue weighted by molar-refractivity contribution is 5.63. The lowest BCUT2D eigenvalue weighted by Crippen LogP contribution is -2.09. The van der Waals surface area contributed by atoms with Crippen molar-refractivity contribution in [3.8, 4) is 11.3 Å². The Bertz CT molecular complexity index is 550. The van der Waals surface area contributed by atoms with E-state index in [4.69, 9.17) is 0 Å². The van der Waals surface area contributed by atoms with Crippen LogP contribution in [0.4, 0.5) is 4.39 Å². The van der Waals surface area contributed by atoms with Gasteiger partial charge in [0.2, 0.25) is 0 Å². The van der Waals surface area contributed by atoms with Crippen LogP contribution in [0.25, 0.3) is 11.3 Å². The highest BCUT2D eigenvalue weighted by Crippen LogP contribution is 2.29. The summed E-state index contributed by atoms with van der Waals surface area (Å²) in [6.07, 6.45) is 2.80. The molecule has 0 unspecified atom stereocenters. The zero-order valence-electron chi connectivity index (χ0n) is 11.4. The molecule has 0 aliphatic heterocycles. The van der Waals surface area contributed by atoms with Crippen LogP contribution in [0.15, 0.2) is 30.5 Å². The molecule has 2 nitrogen and oxygen atoms in total. The second kappa shape index (κ2) is 4.56. The molecule has 0 saturated heterocycles. The van der Waals surface area contributed by atoms with Crippen molar-refractivity contribution in [2.75, 3.05) is 0 Å². The second-order valence-corrected chi connectivity index (χ2v) is 5.89. The lowest BCUT2D eigenvalue weighted by atomic mass is 9.87. The van der Waals surface area contributed by atoms with Gasteiger partial charge in [-0.15, -0.1) is 0 Å². The Morgan fingerprint density at radius 2 is 2.00 bits per heavy atom. The van der Waals surface area contributed by atoms with Crippen LogP contribution in [0.5, 0.6) is 0 Å². The summed E-state index contributed by atoms with van der Waals surface area (Å²) in [5.74, 6) is -0.213. The molecule has 0 aliphatic carbocycles. The molecule has 2 aromatic rings. The second-order valence-electron chi connectivity index (χ2n) is 5.89. The Balaban J connectivity index is 2.47. The molecule has 0 spiro atoms. The van der Waals surface area contributed by atoms with Gasteiger partial charge in [-0.05, 0) is 29.5 Å². The van der Waals surface area contributed by atoms with Crippen molar-refractivity contribution in [1.29, 1.82) is 0 Å². The molecule has 1 aromatic carbocycles. The van der Waals surface area contributed by atoms with Gasteiger partial charge in [-0.3, -0.25) is 4.68 Å². The van der Waals surface area contributed by atoms with Crippen LogP contribution in [-0.4, -0.2) is 9.78 Å². The number of rotatable bonds is 2. The minimum atomic E-state index is -0.213. The third kappa shape index (κ3) is 2.78. The van der Waals surface area contributed by atoms with Crippen molar-refractivity contribution < 1.29 is 4.39 Å². The van der Waals surface area contributed by atoms with Crippen molar-refractivity contribution in [3.63, 3.8) is 0 Å². The molecular formula is C15H19FN2. The van der Waals surface area contributed by atoms with Gasteiger partial charge in [-0.2, -0.15) is 5.10 Å². The molecule has 0 aliphatic rings. The predicted octanol–water partition coefficient (Wildman–Crippen LogP) is 3.81. The van der Waals surface area contributed by atoms with E-state index in [0.29, 0.717) is 0 Å². The Labute approximate surface area is 107 Å². The molecule has 1 heterocycles. The molecule has 0 amide bonds. The average molecular weight is 246 g/mol. The monoisotopic (exact) mass is 246 g/mol. The molecule has 18 heavy (non-hydrogen) atoms. The number of aryl methyl sites for hydroxylation is 1. The van der Waals surface area contributed by atoms with Gasteiger partial charge >= 0.3 is 0 Å². The summed E-state index contributed by atoms with van der Waals surface area (Å²) in [5, 5.41) is 4.30. The van der Waals surface area contributed by atoms with Crippen molar-refractivity contribution in [2.45, 2.75) is 27.2 Å². The predicted molar refractivity (Wildman–Crippen MR) is 71.8 cm³/mol. The first kappa shape index (κ1) is 12.8. The number of benzene rings is 1. The maximum absolute atomic E-state index is 13.3.